The highest BCUT2D eigenvalue weighted by atomic mass is 19.1. The average molecular weight is 291 g/mol. The van der Waals surface area contributed by atoms with Gasteiger partial charge in [0.25, 0.3) is 0 Å². The van der Waals surface area contributed by atoms with E-state index in [1.807, 2.05) is 0 Å². The Bertz CT molecular complexity index is 515. The molecular formula is C17H22FNO2. The van der Waals surface area contributed by atoms with Crippen LogP contribution in [0.2, 0.25) is 0 Å². The van der Waals surface area contributed by atoms with Crippen LogP contribution in [-0.2, 0) is 4.79 Å². The van der Waals surface area contributed by atoms with Crippen LogP contribution in [0.1, 0.15) is 31.2 Å². The van der Waals surface area contributed by atoms with Crippen molar-refractivity contribution in [2.45, 2.75) is 31.8 Å². The minimum absolute atomic E-state index is 0.128. The predicted molar refractivity (Wildman–Crippen MR) is 81.0 cm³/mol. The van der Waals surface area contributed by atoms with E-state index >= 15 is 0 Å². The molecule has 1 aliphatic rings. The average Bonchev–Trinajstić information content (AvgIpc) is 2.47. The van der Waals surface area contributed by atoms with E-state index in [9.17, 15) is 14.3 Å². The number of nitrogens with zero attached hydrogens (tertiary/aromatic N) is 1. The Morgan fingerprint density at radius 2 is 2.19 bits per heavy atom. The van der Waals surface area contributed by atoms with Crippen molar-refractivity contribution in [3.05, 3.63) is 41.7 Å². The molecular weight excluding hydrogens is 269 g/mol. The van der Waals surface area contributed by atoms with E-state index in [1.165, 1.54) is 18.2 Å². The summed E-state index contributed by atoms with van der Waals surface area (Å²) in [6, 6.07) is 6.11. The Labute approximate surface area is 125 Å². The highest BCUT2D eigenvalue weighted by Crippen LogP contribution is 2.24. The summed E-state index contributed by atoms with van der Waals surface area (Å²) in [6.45, 7) is 0.563. The molecule has 2 atom stereocenters. The number of aliphatic hydroxyl groups is 1. The molecule has 0 saturated heterocycles. The van der Waals surface area contributed by atoms with Crippen molar-refractivity contribution in [3.8, 4) is 0 Å². The quantitative estimate of drug-likeness (QED) is 0.867. The number of aliphatic hydroxyl groups excluding tert-OH is 1. The number of hydrogen-bond acceptors (Lipinski definition) is 2. The molecule has 3 nitrogen and oxygen atoms in total. The second-order valence-corrected chi connectivity index (χ2v) is 5.72. The summed E-state index contributed by atoms with van der Waals surface area (Å²) in [7, 11) is 1.74. The number of carbonyl (C=O) groups excluding carboxylic acids is 1. The van der Waals surface area contributed by atoms with Crippen molar-refractivity contribution >= 4 is 12.0 Å². The van der Waals surface area contributed by atoms with Crippen LogP contribution in [0.4, 0.5) is 4.39 Å². The minimum Gasteiger partial charge on any atom is -0.393 e. The third-order valence-electron chi connectivity index (χ3n) is 4.02. The number of likely N-dealkylation sites (N-methyl/N-ethyl adjacent to an activating group) is 1. The van der Waals surface area contributed by atoms with Crippen LogP contribution in [0.5, 0.6) is 0 Å². The largest absolute Gasteiger partial charge is 0.393 e. The summed E-state index contributed by atoms with van der Waals surface area (Å²) >= 11 is 0. The van der Waals surface area contributed by atoms with Gasteiger partial charge in [-0.1, -0.05) is 25.0 Å². The maximum absolute atomic E-state index is 13.0. The molecule has 1 saturated carbocycles. The lowest BCUT2D eigenvalue weighted by Gasteiger charge is -2.30. The van der Waals surface area contributed by atoms with E-state index in [-0.39, 0.29) is 23.7 Å². The van der Waals surface area contributed by atoms with Gasteiger partial charge in [0.1, 0.15) is 5.82 Å². The molecule has 1 aromatic carbocycles. The lowest BCUT2D eigenvalue weighted by Crippen LogP contribution is -2.37. The molecule has 2 rings (SSSR count). The fourth-order valence-electron chi connectivity index (χ4n) is 2.75. The highest BCUT2D eigenvalue weighted by Gasteiger charge is 2.24. The summed E-state index contributed by atoms with van der Waals surface area (Å²) in [5.74, 6) is -0.282. The van der Waals surface area contributed by atoms with E-state index in [0.717, 1.165) is 25.7 Å². The van der Waals surface area contributed by atoms with Crippen LogP contribution in [0.25, 0.3) is 6.08 Å². The second-order valence-electron chi connectivity index (χ2n) is 5.72. The molecule has 2 unspecified atom stereocenters. The highest BCUT2D eigenvalue weighted by molar-refractivity contribution is 5.91. The normalized spacial score (nSPS) is 22.4. The summed E-state index contributed by atoms with van der Waals surface area (Å²) in [4.78, 5) is 13.7. The number of hydrogen-bond donors (Lipinski definition) is 1. The van der Waals surface area contributed by atoms with Crippen molar-refractivity contribution < 1.29 is 14.3 Å². The molecule has 21 heavy (non-hydrogen) atoms. The van der Waals surface area contributed by atoms with Crippen molar-refractivity contribution in [1.82, 2.24) is 4.90 Å². The maximum Gasteiger partial charge on any atom is 0.246 e. The topological polar surface area (TPSA) is 40.5 Å². The Kier molecular flexibility index (Phi) is 5.51. The molecule has 0 heterocycles. The molecule has 114 valence electrons. The smallest absolute Gasteiger partial charge is 0.246 e. The summed E-state index contributed by atoms with van der Waals surface area (Å²) in [6.07, 6.45) is 6.72. The first-order chi connectivity index (χ1) is 10.1. The minimum atomic E-state index is -0.316. The fraction of sp³-hybridized carbons (Fsp3) is 0.471. The monoisotopic (exact) mass is 291 g/mol. The first-order valence-electron chi connectivity index (χ1n) is 7.43. The van der Waals surface area contributed by atoms with Gasteiger partial charge in [-0.25, -0.2) is 4.39 Å². The number of rotatable bonds is 4. The molecule has 0 aliphatic heterocycles. The molecule has 1 amide bonds. The molecule has 0 radical (unpaired) electrons. The summed E-state index contributed by atoms with van der Waals surface area (Å²) in [5.41, 5.74) is 0.662. The SMILES string of the molecule is CN(CC1CCCCC1O)C(=O)/C=C/c1cccc(F)c1. The zero-order valence-corrected chi connectivity index (χ0v) is 12.3. The van der Waals surface area contributed by atoms with Crippen molar-refractivity contribution in [2.24, 2.45) is 5.92 Å². The van der Waals surface area contributed by atoms with E-state index < -0.39 is 0 Å². The van der Waals surface area contributed by atoms with Gasteiger partial charge in [0.2, 0.25) is 5.91 Å². The van der Waals surface area contributed by atoms with Crippen molar-refractivity contribution in [3.63, 3.8) is 0 Å². The van der Waals surface area contributed by atoms with Crippen molar-refractivity contribution in [2.75, 3.05) is 13.6 Å². The van der Waals surface area contributed by atoms with Gasteiger partial charge in [0.15, 0.2) is 0 Å². The third-order valence-corrected chi connectivity index (χ3v) is 4.02. The molecule has 4 heteroatoms. The lowest BCUT2D eigenvalue weighted by molar-refractivity contribution is -0.126. The summed E-state index contributed by atoms with van der Waals surface area (Å²) < 4.78 is 13.0. The Balaban J connectivity index is 1.90. The summed E-state index contributed by atoms with van der Waals surface area (Å²) in [5, 5.41) is 9.94. The number of benzene rings is 1. The van der Waals surface area contributed by atoms with Gasteiger partial charge in [-0.2, -0.15) is 0 Å². The van der Waals surface area contributed by atoms with Crippen LogP contribution >= 0.6 is 0 Å². The van der Waals surface area contributed by atoms with Gasteiger partial charge in [0, 0.05) is 25.6 Å². The van der Waals surface area contributed by atoms with E-state index in [4.69, 9.17) is 0 Å². The van der Waals surface area contributed by atoms with E-state index in [1.54, 1.807) is 30.2 Å². The Morgan fingerprint density at radius 3 is 2.90 bits per heavy atom. The van der Waals surface area contributed by atoms with E-state index in [2.05, 4.69) is 0 Å². The molecule has 1 aromatic rings. The molecule has 1 aliphatic carbocycles. The van der Waals surface area contributed by atoms with Crippen molar-refractivity contribution in [1.29, 1.82) is 0 Å². The van der Waals surface area contributed by atoms with Crippen LogP contribution in [0.15, 0.2) is 30.3 Å². The van der Waals surface area contributed by atoms with Crippen LogP contribution in [-0.4, -0.2) is 35.6 Å². The maximum atomic E-state index is 13.0. The number of carbonyl (C=O) groups is 1. The van der Waals surface area contributed by atoms with Gasteiger partial charge in [-0.15, -0.1) is 0 Å². The van der Waals surface area contributed by atoms with Crippen LogP contribution in [0, 0.1) is 11.7 Å². The molecule has 1 N–H and O–H groups in total. The molecule has 1 fully saturated rings. The van der Waals surface area contributed by atoms with Gasteiger partial charge in [-0.05, 0) is 36.6 Å². The number of halogens is 1. The predicted octanol–water partition coefficient (Wildman–Crippen LogP) is 2.85. The molecule has 0 aromatic heterocycles. The van der Waals surface area contributed by atoms with E-state index in [0.29, 0.717) is 12.1 Å². The van der Waals surface area contributed by atoms with Gasteiger partial charge < -0.3 is 10.0 Å². The van der Waals surface area contributed by atoms with Gasteiger partial charge in [0.05, 0.1) is 6.10 Å². The van der Waals surface area contributed by atoms with Gasteiger partial charge in [-0.3, -0.25) is 4.79 Å². The standard InChI is InChI=1S/C17H22FNO2/c1-19(12-14-6-2-3-8-16(14)20)17(21)10-9-13-5-4-7-15(18)11-13/h4-5,7,9-11,14,16,20H,2-3,6,8,12H2,1H3/b10-9+. The fourth-order valence-corrected chi connectivity index (χ4v) is 2.75. The lowest BCUT2D eigenvalue weighted by atomic mass is 9.86. The Morgan fingerprint density at radius 1 is 1.43 bits per heavy atom. The Hall–Kier alpha value is -1.68. The zero-order chi connectivity index (χ0) is 15.2. The zero-order valence-electron chi connectivity index (χ0n) is 12.3. The first kappa shape index (κ1) is 15.7. The van der Waals surface area contributed by atoms with Crippen LogP contribution < -0.4 is 0 Å². The molecule has 0 bridgehead atoms. The number of amides is 1. The van der Waals surface area contributed by atoms with Gasteiger partial charge >= 0.3 is 0 Å². The first-order valence-corrected chi connectivity index (χ1v) is 7.43. The second kappa shape index (κ2) is 7.36. The molecule has 0 spiro atoms. The third kappa shape index (κ3) is 4.67. The van der Waals surface area contributed by atoms with Crippen LogP contribution in [0.3, 0.4) is 0 Å².